The van der Waals surface area contributed by atoms with Gasteiger partial charge in [0, 0.05) is 31.2 Å². The van der Waals surface area contributed by atoms with Gasteiger partial charge in [0.05, 0.1) is 0 Å². The zero-order valence-electron chi connectivity index (χ0n) is 16.8. The van der Waals surface area contributed by atoms with Gasteiger partial charge in [-0.2, -0.15) is 0 Å². The SMILES string of the molecule is Cc1ccn2cc(C(=O)N3C[C@H]4CC(c5ccccc5OC(F)(F)F)C[C@H]4C3)nc2n1. The van der Waals surface area contributed by atoms with Crippen LogP contribution in [0.5, 0.6) is 5.75 Å². The van der Waals surface area contributed by atoms with Crippen molar-refractivity contribution in [1.82, 2.24) is 19.3 Å². The van der Waals surface area contributed by atoms with Crippen LogP contribution in [0.1, 0.15) is 40.5 Å². The fraction of sp³-hybridized carbons (Fsp3) is 0.409. The van der Waals surface area contributed by atoms with Crippen LogP contribution in [0.3, 0.4) is 0 Å². The maximum absolute atomic E-state index is 13.0. The Morgan fingerprint density at radius 3 is 2.52 bits per heavy atom. The number of fused-ring (bicyclic) bond motifs is 2. The predicted molar refractivity (Wildman–Crippen MR) is 106 cm³/mol. The normalized spacial score (nSPS) is 23.4. The molecule has 2 aromatic heterocycles. The van der Waals surface area contributed by atoms with E-state index in [4.69, 9.17) is 0 Å². The number of likely N-dealkylation sites (tertiary alicyclic amines) is 1. The molecule has 0 bridgehead atoms. The molecule has 2 fully saturated rings. The molecule has 0 radical (unpaired) electrons. The Hall–Kier alpha value is -3.10. The molecule has 31 heavy (non-hydrogen) atoms. The van der Waals surface area contributed by atoms with Crippen molar-refractivity contribution in [1.29, 1.82) is 0 Å². The van der Waals surface area contributed by atoms with Gasteiger partial charge in [0.15, 0.2) is 0 Å². The minimum Gasteiger partial charge on any atom is -0.405 e. The Balaban J connectivity index is 1.28. The van der Waals surface area contributed by atoms with Gasteiger partial charge >= 0.3 is 6.36 Å². The van der Waals surface area contributed by atoms with Gasteiger partial charge in [0.1, 0.15) is 11.4 Å². The highest BCUT2D eigenvalue weighted by Crippen LogP contribution is 2.48. The van der Waals surface area contributed by atoms with Crippen molar-refractivity contribution in [2.45, 2.75) is 32.0 Å². The molecule has 0 spiro atoms. The predicted octanol–water partition coefficient (Wildman–Crippen LogP) is 4.20. The lowest BCUT2D eigenvalue weighted by Gasteiger charge is -2.20. The number of aryl methyl sites for hydroxylation is 1. The summed E-state index contributed by atoms with van der Waals surface area (Å²) in [6.07, 6.45) is 0.267. The van der Waals surface area contributed by atoms with Crippen LogP contribution in [0.4, 0.5) is 13.2 Å². The summed E-state index contributed by atoms with van der Waals surface area (Å²) in [7, 11) is 0. The summed E-state index contributed by atoms with van der Waals surface area (Å²) in [6.45, 7) is 3.04. The summed E-state index contributed by atoms with van der Waals surface area (Å²) >= 11 is 0. The van der Waals surface area contributed by atoms with Gasteiger partial charge in [-0.15, -0.1) is 13.2 Å². The Morgan fingerprint density at radius 2 is 1.81 bits per heavy atom. The van der Waals surface area contributed by atoms with Crippen molar-refractivity contribution >= 4 is 11.7 Å². The molecule has 1 aromatic carbocycles. The number of alkyl halides is 3. The third-order valence-corrected chi connectivity index (χ3v) is 6.31. The van der Waals surface area contributed by atoms with Crippen LogP contribution < -0.4 is 4.74 Å². The number of imidazole rings is 1. The van der Waals surface area contributed by atoms with Crippen LogP contribution >= 0.6 is 0 Å². The van der Waals surface area contributed by atoms with Gasteiger partial charge < -0.3 is 9.64 Å². The summed E-state index contributed by atoms with van der Waals surface area (Å²) in [4.78, 5) is 23.5. The van der Waals surface area contributed by atoms with Crippen LogP contribution in [-0.2, 0) is 0 Å². The molecule has 1 saturated heterocycles. The van der Waals surface area contributed by atoms with E-state index in [9.17, 15) is 18.0 Å². The first-order valence-corrected chi connectivity index (χ1v) is 10.2. The van der Waals surface area contributed by atoms with E-state index in [0.29, 0.717) is 30.1 Å². The Bertz CT molecular complexity index is 1130. The summed E-state index contributed by atoms with van der Waals surface area (Å²) < 4.78 is 44.3. The van der Waals surface area contributed by atoms with Crippen LogP contribution in [0.25, 0.3) is 5.78 Å². The topological polar surface area (TPSA) is 59.7 Å². The lowest BCUT2D eigenvalue weighted by Crippen LogP contribution is -2.30. The zero-order chi connectivity index (χ0) is 21.8. The number of hydrogen-bond acceptors (Lipinski definition) is 4. The lowest BCUT2D eigenvalue weighted by atomic mass is 9.95. The fourth-order valence-corrected chi connectivity index (χ4v) is 4.98. The fourth-order valence-electron chi connectivity index (χ4n) is 4.98. The van der Waals surface area contributed by atoms with E-state index < -0.39 is 6.36 Å². The lowest BCUT2D eigenvalue weighted by molar-refractivity contribution is -0.275. The van der Waals surface area contributed by atoms with Crippen molar-refractivity contribution in [2.24, 2.45) is 11.8 Å². The van der Waals surface area contributed by atoms with Crippen LogP contribution in [0.2, 0.25) is 0 Å². The van der Waals surface area contributed by atoms with Gasteiger partial charge in [-0.25, -0.2) is 9.97 Å². The van der Waals surface area contributed by atoms with Gasteiger partial charge in [-0.05, 0) is 55.2 Å². The third-order valence-electron chi connectivity index (χ3n) is 6.31. The van der Waals surface area contributed by atoms with Crippen molar-refractivity contribution in [3.8, 4) is 5.75 Å². The van der Waals surface area contributed by atoms with Gasteiger partial charge in [-0.3, -0.25) is 9.20 Å². The van der Waals surface area contributed by atoms with E-state index in [1.165, 1.54) is 6.07 Å². The molecule has 1 aliphatic carbocycles. The first kappa shape index (κ1) is 19.8. The number of carbonyl (C=O) groups is 1. The average Bonchev–Trinajstić information content (AvgIpc) is 3.38. The second-order valence-corrected chi connectivity index (χ2v) is 8.39. The van der Waals surface area contributed by atoms with E-state index in [-0.39, 0.29) is 29.4 Å². The van der Waals surface area contributed by atoms with Crippen molar-refractivity contribution in [2.75, 3.05) is 13.1 Å². The quantitative estimate of drug-likeness (QED) is 0.625. The van der Waals surface area contributed by atoms with Crippen LogP contribution in [-0.4, -0.2) is 44.6 Å². The Labute approximate surface area is 176 Å². The number of ether oxygens (including phenoxy) is 1. The van der Waals surface area contributed by atoms with Crippen LogP contribution in [0.15, 0.2) is 42.7 Å². The molecule has 0 N–H and O–H groups in total. The van der Waals surface area contributed by atoms with E-state index in [1.54, 1.807) is 33.7 Å². The first-order valence-electron chi connectivity index (χ1n) is 10.2. The zero-order valence-corrected chi connectivity index (χ0v) is 16.8. The van der Waals surface area contributed by atoms with E-state index in [1.807, 2.05) is 19.2 Å². The molecule has 3 heterocycles. The molecule has 1 saturated carbocycles. The minimum atomic E-state index is -4.71. The Kier molecular flexibility index (Phi) is 4.64. The largest absolute Gasteiger partial charge is 0.573 e. The number of hydrogen-bond donors (Lipinski definition) is 0. The molecule has 3 aromatic rings. The summed E-state index contributed by atoms with van der Waals surface area (Å²) in [6, 6.07) is 8.21. The second kappa shape index (κ2) is 7.25. The number of benzene rings is 1. The molecule has 6 nitrogen and oxygen atoms in total. The van der Waals surface area contributed by atoms with E-state index >= 15 is 0 Å². The average molecular weight is 430 g/mol. The summed E-state index contributed by atoms with van der Waals surface area (Å²) in [5.74, 6) is 0.739. The molecule has 2 aliphatic rings. The molecule has 9 heteroatoms. The minimum absolute atomic E-state index is 0.00632. The standard InChI is InChI=1S/C22H21F3N4O2/c1-13-6-7-28-12-18(27-21(28)26-13)20(30)29-10-15-8-14(9-16(15)11-29)17-4-2-3-5-19(17)31-22(23,24)25/h2-7,12,14-16H,8-11H2,1H3/t14?,15-,16+. The van der Waals surface area contributed by atoms with Gasteiger partial charge in [0.25, 0.3) is 5.91 Å². The smallest absolute Gasteiger partial charge is 0.405 e. The molecule has 1 unspecified atom stereocenters. The summed E-state index contributed by atoms with van der Waals surface area (Å²) in [5.41, 5.74) is 1.78. The van der Waals surface area contributed by atoms with Gasteiger partial charge in [0.2, 0.25) is 5.78 Å². The van der Waals surface area contributed by atoms with Crippen molar-refractivity contribution in [3.63, 3.8) is 0 Å². The van der Waals surface area contributed by atoms with Crippen LogP contribution in [0, 0.1) is 18.8 Å². The van der Waals surface area contributed by atoms with E-state index in [2.05, 4.69) is 14.7 Å². The first-order chi connectivity index (χ1) is 14.8. The number of nitrogens with zero attached hydrogens (tertiary/aromatic N) is 4. The molecule has 1 amide bonds. The van der Waals surface area contributed by atoms with Crippen molar-refractivity contribution in [3.05, 3.63) is 59.7 Å². The molecule has 3 atom stereocenters. The van der Waals surface area contributed by atoms with Gasteiger partial charge in [-0.1, -0.05) is 18.2 Å². The third kappa shape index (κ3) is 3.84. The number of halogens is 3. The molecule has 5 rings (SSSR count). The number of carbonyl (C=O) groups excluding carboxylic acids is 1. The molecular formula is C22H21F3N4O2. The number of rotatable bonds is 3. The highest BCUT2D eigenvalue weighted by atomic mass is 19.4. The maximum Gasteiger partial charge on any atom is 0.573 e. The number of amides is 1. The highest BCUT2D eigenvalue weighted by molar-refractivity contribution is 5.93. The number of aromatic nitrogens is 3. The Morgan fingerprint density at radius 1 is 1.10 bits per heavy atom. The molecule has 162 valence electrons. The molecular weight excluding hydrogens is 409 g/mol. The van der Waals surface area contributed by atoms with Crippen molar-refractivity contribution < 1.29 is 22.7 Å². The number of para-hydroxylation sites is 1. The maximum atomic E-state index is 13.0. The summed E-state index contributed by atoms with van der Waals surface area (Å²) in [5, 5.41) is 0. The second-order valence-electron chi connectivity index (χ2n) is 8.39. The highest BCUT2D eigenvalue weighted by Gasteiger charge is 2.44. The van der Waals surface area contributed by atoms with E-state index in [0.717, 1.165) is 18.5 Å². The molecule has 1 aliphatic heterocycles. The monoisotopic (exact) mass is 430 g/mol.